The third kappa shape index (κ3) is 1.93. The molecule has 0 aliphatic carbocycles. The predicted octanol–water partition coefficient (Wildman–Crippen LogP) is 3.81. The Morgan fingerprint density at radius 1 is 1.17 bits per heavy atom. The van der Waals surface area contributed by atoms with E-state index in [1.54, 1.807) is 0 Å². The maximum absolute atomic E-state index is 5.83. The van der Waals surface area contributed by atoms with Gasteiger partial charge in [0.2, 0.25) is 5.82 Å². The summed E-state index contributed by atoms with van der Waals surface area (Å²) >= 11 is 4.91. The van der Waals surface area contributed by atoms with Crippen molar-refractivity contribution in [3.63, 3.8) is 0 Å². The Morgan fingerprint density at radius 2 is 2.00 bits per heavy atom. The highest BCUT2D eigenvalue weighted by Gasteiger charge is 2.14. The Morgan fingerprint density at radius 3 is 2.72 bits per heavy atom. The molecule has 0 amide bonds. The molecule has 2 heterocycles. The van der Waals surface area contributed by atoms with Gasteiger partial charge in [0, 0.05) is 10.0 Å². The second-order valence-electron chi connectivity index (χ2n) is 3.60. The number of nitrogens with two attached hydrogens (primary N) is 1. The molecule has 3 aromatic rings. The Balaban J connectivity index is 2.05. The molecule has 0 unspecified atom stereocenters. The Hall–Kier alpha value is -1.66. The van der Waals surface area contributed by atoms with E-state index in [4.69, 9.17) is 10.3 Å². The van der Waals surface area contributed by atoms with E-state index in [0.29, 0.717) is 16.7 Å². The van der Waals surface area contributed by atoms with Gasteiger partial charge >= 0.3 is 0 Å². The summed E-state index contributed by atoms with van der Waals surface area (Å²) in [5.74, 6) is 0.988. The van der Waals surface area contributed by atoms with Crippen molar-refractivity contribution >= 4 is 32.3 Å². The zero-order chi connectivity index (χ0) is 12.5. The SMILES string of the molecule is Nc1sccc1-c1nc(-c2ccccc2Br)no1. The fraction of sp³-hybridized carbons (Fsp3) is 0. The van der Waals surface area contributed by atoms with Crippen molar-refractivity contribution < 1.29 is 4.52 Å². The molecule has 0 fully saturated rings. The lowest BCUT2D eigenvalue weighted by Crippen LogP contribution is -1.84. The molecule has 2 N–H and O–H groups in total. The minimum atomic E-state index is 0.444. The van der Waals surface area contributed by atoms with Gasteiger partial charge in [0.1, 0.15) is 0 Å². The van der Waals surface area contributed by atoms with Crippen LogP contribution in [0.2, 0.25) is 0 Å². The summed E-state index contributed by atoms with van der Waals surface area (Å²) in [6.07, 6.45) is 0. The maximum atomic E-state index is 5.83. The lowest BCUT2D eigenvalue weighted by molar-refractivity contribution is 0.432. The van der Waals surface area contributed by atoms with Crippen LogP contribution in [-0.2, 0) is 0 Å². The summed E-state index contributed by atoms with van der Waals surface area (Å²) < 4.78 is 6.17. The number of hydrogen-bond acceptors (Lipinski definition) is 5. The minimum Gasteiger partial charge on any atom is -0.390 e. The van der Waals surface area contributed by atoms with Crippen LogP contribution in [0.3, 0.4) is 0 Å². The number of anilines is 1. The summed E-state index contributed by atoms with van der Waals surface area (Å²) in [7, 11) is 0. The van der Waals surface area contributed by atoms with Crippen molar-refractivity contribution in [3.8, 4) is 22.8 Å². The summed E-state index contributed by atoms with van der Waals surface area (Å²) in [5.41, 5.74) is 7.51. The highest BCUT2D eigenvalue weighted by Crippen LogP contribution is 2.32. The van der Waals surface area contributed by atoms with Crippen LogP contribution in [0, 0.1) is 0 Å². The van der Waals surface area contributed by atoms with Crippen LogP contribution >= 0.6 is 27.3 Å². The monoisotopic (exact) mass is 321 g/mol. The van der Waals surface area contributed by atoms with Gasteiger partial charge in [-0.15, -0.1) is 11.3 Å². The predicted molar refractivity (Wildman–Crippen MR) is 75.2 cm³/mol. The topological polar surface area (TPSA) is 64.9 Å². The average Bonchev–Trinajstić information content (AvgIpc) is 2.98. The third-order valence-corrected chi connectivity index (χ3v) is 3.90. The van der Waals surface area contributed by atoms with Crippen molar-refractivity contribution in [1.29, 1.82) is 0 Å². The number of thiophene rings is 1. The van der Waals surface area contributed by atoms with E-state index < -0.39 is 0 Å². The molecular weight excluding hydrogens is 314 g/mol. The molecule has 0 saturated carbocycles. The molecule has 3 rings (SSSR count). The highest BCUT2D eigenvalue weighted by atomic mass is 79.9. The smallest absolute Gasteiger partial charge is 0.261 e. The van der Waals surface area contributed by atoms with E-state index >= 15 is 0 Å². The van der Waals surface area contributed by atoms with Crippen molar-refractivity contribution in [2.75, 3.05) is 5.73 Å². The molecule has 4 nitrogen and oxygen atoms in total. The second kappa shape index (κ2) is 4.55. The molecule has 0 radical (unpaired) electrons. The van der Waals surface area contributed by atoms with E-state index in [0.717, 1.165) is 15.6 Å². The fourth-order valence-electron chi connectivity index (χ4n) is 1.58. The largest absolute Gasteiger partial charge is 0.390 e. The van der Waals surface area contributed by atoms with Crippen LogP contribution in [0.5, 0.6) is 0 Å². The first-order chi connectivity index (χ1) is 8.75. The third-order valence-electron chi connectivity index (χ3n) is 2.47. The molecule has 0 saturated heterocycles. The standard InChI is InChI=1S/C12H8BrN3OS/c13-9-4-2-1-3-7(9)11-15-12(17-16-11)8-5-6-18-10(8)14/h1-6H,14H2. The summed E-state index contributed by atoms with van der Waals surface area (Å²) in [6, 6.07) is 9.60. The highest BCUT2D eigenvalue weighted by molar-refractivity contribution is 9.10. The average molecular weight is 322 g/mol. The van der Waals surface area contributed by atoms with E-state index in [9.17, 15) is 0 Å². The number of aromatic nitrogens is 2. The van der Waals surface area contributed by atoms with Crippen LogP contribution in [0.1, 0.15) is 0 Å². The molecule has 18 heavy (non-hydrogen) atoms. The van der Waals surface area contributed by atoms with Gasteiger partial charge in [0.25, 0.3) is 5.89 Å². The van der Waals surface area contributed by atoms with Crippen LogP contribution in [-0.4, -0.2) is 10.1 Å². The molecule has 0 spiro atoms. The molecule has 0 aliphatic heterocycles. The Bertz CT molecular complexity index is 692. The first kappa shape index (κ1) is 11.4. The number of rotatable bonds is 2. The van der Waals surface area contributed by atoms with Crippen molar-refractivity contribution in [2.24, 2.45) is 0 Å². The van der Waals surface area contributed by atoms with Crippen LogP contribution in [0.4, 0.5) is 5.00 Å². The number of nitrogens with zero attached hydrogens (tertiary/aromatic N) is 2. The summed E-state index contributed by atoms with van der Waals surface area (Å²) in [6.45, 7) is 0. The second-order valence-corrected chi connectivity index (χ2v) is 5.40. The van der Waals surface area contributed by atoms with Gasteiger partial charge < -0.3 is 10.3 Å². The lowest BCUT2D eigenvalue weighted by atomic mass is 10.2. The van der Waals surface area contributed by atoms with E-state index in [1.165, 1.54) is 11.3 Å². The Labute approximate surface area is 116 Å². The molecular formula is C12H8BrN3OS. The first-order valence-corrected chi connectivity index (χ1v) is 6.85. The minimum absolute atomic E-state index is 0.444. The molecule has 2 aromatic heterocycles. The van der Waals surface area contributed by atoms with Gasteiger partial charge in [-0.25, -0.2) is 0 Å². The Kier molecular flexibility index (Phi) is 2.89. The van der Waals surface area contributed by atoms with Gasteiger partial charge in [-0.1, -0.05) is 33.2 Å². The molecule has 0 aliphatic rings. The first-order valence-electron chi connectivity index (χ1n) is 5.17. The molecule has 1 aromatic carbocycles. The molecule has 90 valence electrons. The maximum Gasteiger partial charge on any atom is 0.261 e. The quantitative estimate of drug-likeness (QED) is 0.779. The van der Waals surface area contributed by atoms with Crippen molar-refractivity contribution in [1.82, 2.24) is 10.1 Å². The zero-order valence-corrected chi connectivity index (χ0v) is 11.5. The van der Waals surface area contributed by atoms with Crippen molar-refractivity contribution in [2.45, 2.75) is 0 Å². The normalized spacial score (nSPS) is 10.7. The summed E-state index contributed by atoms with van der Waals surface area (Å²) in [5, 5.41) is 6.55. The van der Waals surface area contributed by atoms with Crippen molar-refractivity contribution in [3.05, 3.63) is 40.2 Å². The zero-order valence-electron chi connectivity index (χ0n) is 9.13. The summed E-state index contributed by atoms with van der Waals surface area (Å²) in [4.78, 5) is 4.36. The number of halogens is 1. The number of nitrogen functional groups attached to an aromatic ring is 1. The number of hydrogen-bond donors (Lipinski definition) is 1. The van der Waals surface area contributed by atoms with E-state index in [2.05, 4.69) is 26.1 Å². The van der Waals surface area contributed by atoms with Gasteiger partial charge in [-0.2, -0.15) is 4.98 Å². The van der Waals surface area contributed by atoms with Crippen LogP contribution in [0.25, 0.3) is 22.8 Å². The lowest BCUT2D eigenvalue weighted by Gasteiger charge is -1.96. The fourth-order valence-corrected chi connectivity index (χ4v) is 2.68. The molecule has 0 atom stereocenters. The van der Waals surface area contributed by atoms with Gasteiger partial charge in [-0.3, -0.25) is 0 Å². The van der Waals surface area contributed by atoms with E-state index in [1.807, 2.05) is 35.7 Å². The van der Waals surface area contributed by atoms with Gasteiger partial charge in [0.05, 0.1) is 10.6 Å². The van der Waals surface area contributed by atoms with Crippen LogP contribution < -0.4 is 5.73 Å². The molecule has 0 bridgehead atoms. The molecule has 6 heteroatoms. The number of benzene rings is 1. The van der Waals surface area contributed by atoms with E-state index in [-0.39, 0.29) is 0 Å². The van der Waals surface area contributed by atoms with Crippen LogP contribution in [0.15, 0.2) is 44.7 Å². The van der Waals surface area contributed by atoms with Gasteiger partial charge in [-0.05, 0) is 23.6 Å². The van der Waals surface area contributed by atoms with Gasteiger partial charge in [0.15, 0.2) is 0 Å².